The van der Waals surface area contributed by atoms with Crippen LogP contribution >= 0.6 is 11.3 Å². The predicted octanol–water partition coefficient (Wildman–Crippen LogP) is 0.999. The molecule has 114 valence electrons. The van der Waals surface area contributed by atoms with E-state index in [2.05, 4.69) is 24.6 Å². The minimum atomic E-state index is -3.76. The summed E-state index contributed by atoms with van der Waals surface area (Å²) in [5.74, 6) is -0.434. The van der Waals surface area contributed by atoms with Crippen molar-refractivity contribution in [1.29, 1.82) is 0 Å². The summed E-state index contributed by atoms with van der Waals surface area (Å²) in [6.45, 7) is 3.22. The van der Waals surface area contributed by atoms with Crippen LogP contribution in [-0.4, -0.2) is 36.7 Å². The Morgan fingerprint density at radius 1 is 1.48 bits per heavy atom. The molecular formula is C11H14N4O4S2. The summed E-state index contributed by atoms with van der Waals surface area (Å²) in [5, 5.41) is 8.27. The van der Waals surface area contributed by atoms with Gasteiger partial charge in [-0.05, 0) is 13.8 Å². The van der Waals surface area contributed by atoms with Crippen molar-refractivity contribution in [3.63, 3.8) is 0 Å². The highest BCUT2D eigenvalue weighted by Gasteiger charge is 2.23. The van der Waals surface area contributed by atoms with E-state index in [9.17, 15) is 13.2 Å². The standard InChI is InChI=1S/C11H14N4O4S2/c1-6-10(7(2)14-13-6)21(17,18)15-11-12-8(5-20-11)4-9(16)19-3/h5H,4H2,1-3H3,(H,12,15)(H,13,14). The van der Waals surface area contributed by atoms with E-state index < -0.39 is 16.0 Å². The second-order valence-corrected chi connectivity index (χ2v) is 6.74. The first-order valence-electron chi connectivity index (χ1n) is 5.89. The second-order valence-electron chi connectivity index (χ2n) is 4.27. The number of H-pyrrole nitrogens is 1. The van der Waals surface area contributed by atoms with Gasteiger partial charge in [0, 0.05) is 5.38 Å². The topological polar surface area (TPSA) is 114 Å². The summed E-state index contributed by atoms with van der Waals surface area (Å²) in [6.07, 6.45) is -0.00149. The molecule has 0 aromatic carbocycles. The van der Waals surface area contributed by atoms with Crippen LogP contribution in [0.1, 0.15) is 17.1 Å². The second kappa shape index (κ2) is 5.82. The number of aryl methyl sites for hydroxylation is 2. The summed E-state index contributed by atoms with van der Waals surface area (Å²) in [7, 11) is -2.48. The lowest BCUT2D eigenvalue weighted by molar-refractivity contribution is -0.139. The molecule has 2 rings (SSSR count). The summed E-state index contributed by atoms with van der Waals surface area (Å²) >= 11 is 1.10. The SMILES string of the molecule is COC(=O)Cc1csc(NS(=O)(=O)c2c(C)n[nH]c2C)n1. The number of nitrogens with one attached hydrogen (secondary N) is 2. The van der Waals surface area contributed by atoms with E-state index in [1.165, 1.54) is 7.11 Å². The number of carbonyl (C=O) groups excluding carboxylic acids is 1. The molecule has 0 bridgehead atoms. The van der Waals surface area contributed by atoms with Crippen LogP contribution < -0.4 is 4.72 Å². The fourth-order valence-electron chi connectivity index (χ4n) is 1.76. The molecule has 8 nitrogen and oxygen atoms in total. The molecule has 0 aliphatic rings. The number of methoxy groups -OCH3 is 1. The number of ether oxygens (including phenoxy) is 1. The van der Waals surface area contributed by atoms with E-state index >= 15 is 0 Å². The number of hydrogen-bond donors (Lipinski definition) is 2. The summed E-state index contributed by atoms with van der Waals surface area (Å²) in [5.41, 5.74) is 1.28. The molecule has 0 aliphatic carbocycles. The molecule has 0 radical (unpaired) electrons. The number of nitrogens with zero attached hydrogens (tertiary/aromatic N) is 2. The molecule has 0 atom stereocenters. The fourth-order valence-corrected chi connectivity index (χ4v) is 4.09. The summed E-state index contributed by atoms with van der Waals surface area (Å²) in [4.78, 5) is 15.3. The van der Waals surface area contributed by atoms with Crippen molar-refractivity contribution in [2.75, 3.05) is 11.8 Å². The molecule has 10 heteroatoms. The number of esters is 1. The Morgan fingerprint density at radius 2 is 2.19 bits per heavy atom. The first kappa shape index (κ1) is 15.4. The van der Waals surface area contributed by atoms with Gasteiger partial charge in [0.25, 0.3) is 10.0 Å². The zero-order chi connectivity index (χ0) is 15.6. The number of anilines is 1. The van der Waals surface area contributed by atoms with Crippen molar-refractivity contribution in [2.45, 2.75) is 25.2 Å². The predicted molar refractivity (Wildman–Crippen MR) is 76.7 cm³/mol. The van der Waals surface area contributed by atoms with E-state index in [1.807, 2.05) is 0 Å². The Bertz CT molecular complexity index is 744. The van der Waals surface area contributed by atoms with E-state index in [1.54, 1.807) is 19.2 Å². The monoisotopic (exact) mass is 330 g/mol. The lowest BCUT2D eigenvalue weighted by Gasteiger charge is -2.04. The lowest BCUT2D eigenvalue weighted by atomic mass is 10.3. The van der Waals surface area contributed by atoms with Crippen LogP contribution in [0.3, 0.4) is 0 Å². The number of aromatic amines is 1. The highest BCUT2D eigenvalue weighted by atomic mass is 32.2. The van der Waals surface area contributed by atoms with Crippen molar-refractivity contribution in [2.24, 2.45) is 0 Å². The number of carbonyl (C=O) groups is 1. The van der Waals surface area contributed by atoms with Gasteiger partial charge in [-0.3, -0.25) is 14.6 Å². The van der Waals surface area contributed by atoms with E-state index in [4.69, 9.17) is 0 Å². The quantitative estimate of drug-likeness (QED) is 0.791. The maximum Gasteiger partial charge on any atom is 0.311 e. The largest absolute Gasteiger partial charge is 0.469 e. The number of hydrogen-bond acceptors (Lipinski definition) is 7. The molecule has 0 saturated carbocycles. The highest BCUT2D eigenvalue weighted by molar-refractivity contribution is 7.93. The Kier molecular flexibility index (Phi) is 4.28. The molecular weight excluding hydrogens is 316 g/mol. The van der Waals surface area contributed by atoms with Crippen molar-refractivity contribution in [3.8, 4) is 0 Å². The average molecular weight is 330 g/mol. The smallest absolute Gasteiger partial charge is 0.311 e. The molecule has 2 N–H and O–H groups in total. The van der Waals surface area contributed by atoms with Crippen LogP contribution in [0.25, 0.3) is 0 Å². The van der Waals surface area contributed by atoms with Crippen LogP contribution in [0.4, 0.5) is 5.13 Å². The third-order valence-electron chi connectivity index (χ3n) is 2.66. The molecule has 0 aliphatic heterocycles. The van der Waals surface area contributed by atoms with Gasteiger partial charge < -0.3 is 4.74 Å². The Balaban J connectivity index is 2.20. The van der Waals surface area contributed by atoms with Crippen LogP contribution in [0.2, 0.25) is 0 Å². The minimum absolute atomic E-state index is 0.00149. The zero-order valence-corrected chi connectivity index (χ0v) is 13.3. The summed E-state index contributed by atoms with van der Waals surface area (Å²) in [6, 6.07) is 0. The third-order valence-corrected chi connectivity index (χ3v) is 5.19. The normalized spacial score (nSPS) is 11.4. The third kappa shape index (κ3) is 3.39. The van der Waals surface area contributed by atoms with E-state index in [0.29, 0.717) is 17.1 Å². The Hall–Kier alpha value is -1.94. The zero-order valence-electron chi connectivity index (χ0n) is 11.6. The molecule has 0 spiro atoms. The van der Waals surface area contributed by atoms with E-state index in [-0.39, 0.29) is 16.4 Å². The van der Waals surface area contributed by atoms with Gasteiger partial charge in [-0.15, -0.1) is 11.3 Å². The van der Waals surface area contributed by atoms with Gasteiger partial charge in [0.2, 0.25) is 0 Å². The van der Waals surface area contributed by atoms with Gasteiger partial charge in [0.15, 0.2) is 5.13 Å². The molecule has 0 amide bonds. The molecule has 0 unspecified atom stereocenters. The molecule has 0 fully saturated rings. The van der Waals surface area contributed by atoms with Gasteiger partial charge in [-0.2, -0.15) is 5.10 Å². The van der Waals surface area contributed by atoms with Crippen molar-refractivity contribution in [1.82, 2.24) is 15.2 Å². The Morgan fingerprint density at radius 3 is 2.76 bits per heavy atom. The minimum Gasteiger partial charge on any atom is -0.469 e. The van der Waals surface area contributed by atoms with Crippen molar-refractivity contribution in [3.05, 3.63) is 22.5 Å². The first-order chi connectivity index (χ1) is 9.83. The highest BCUT2D eigenvalue weighted by Crippen LogP contribution is 2.23. The number of aromatic nitrogens is 3. The number of rotatable bonds is 5. The first-order valence-corrected chi connectivity index (χ1v) is 8.25. The van der Waals surface area contributed by atoms with Crippen LogP contribution in [0.15, 0.2) is 10.3 Å². The maximum atomic E-state index is 12.3. The molecule has 2 aromatic rings. The van der Waals surface area contributed by atoms with Gasteiger partial charge in [-0.1, -0.05) is 0 Å². The maximum absolute atomic E-state index is 12.3. The van der Waals surface area contributed by atoms with Gasteiger partial charge >= 0.3 is 5.97 Å². The average Bonchev–Trinajstić information content (AvgIpc) is 2.96. The van der Waals surface area contributed by atoms with E-state index in [0.717, 1.165) is 11.3 Å². The van der Waals surface area contributed by atoms with Gasteiger partial charge in [0.05, 0.1) is 30.6 Å². The van der Waals surface area contributed by atoms with Crippen LogP contribution in [0, 0.1) is 13.8 Å². The fraction of sp³-hybridized carbons (Fsp3) is 0.364. The summed E-state index contributed by atoms with van der Waals surface area (Å²) < 4.78 is 31.5. The van der Waals surface area contributed by atoms with Crippen molar-refractivity contribution >= 4 is 32.5 Å². The molecule has 2 heterocycles. The molecule has 0 saturated heterocycles. The van der Waals surface area contributed by atoms with Gasteiger partial charge in [-0.25, -0.2) is 13.4 Å². The number of sulfonamides is 1. The van der Waals surface area contributed by atoms with Gasteiger partial charge in [0.1, 0.15) is 4.90 Å². The van der Waals surface area contributed by atoms with Crippen LogP contribution in [0.5, 0.6) is 0 Å². The Labute approximate surface area is 125 Å². The lowest BCUT2D eigenvalue weighted by Crippen LogP contribution is -2.14. The van der Waals surface area contributed by atoms with Crippen molar-refractivity contribution < 1.29 is 17.9 Å². The molecule has 2 aromatic heterocycles. The number of thiazole rings is 1. The van der Waals surface area contributed by atoms with Crippen LogP contribution in [-0.2, 0) is 26.0 Å². The molecule has 21 heavy (non-hydrogen) atoms.